The lowest BCUT2D eigenvalue weighted by Crippen LogP contribution is -2.51. The van der Waals surface area contributed by atoms with Crippen molar-refractivity contribution in [3.05, 3.63) is 0 Å². The molecular formula is C15H29N3O. The van der Waals surface area contributed by atoms with E-state index in [1.54, 1.807) is 0 Å². The number of likely N-dealkylation sites (tertiary alicyclic amines) is 1. The van der Waals surface area contributed by atoms with Crippen LogP contribution in [0, 0.1) is 17.3 Å². The average molecular weight is 267 g/mol. The molecule has 4 nitrogen and oxygen atoms in total. The van der Waals surface area contributed by atoms with Gasteiger partial charge in [-0.15, -0.1) is 0 Å². The highest BCUT2D eigenvalue weighted by Gasteiger charge is 2.34. The van der Waals surface area contributed by atoms with Crippen molar-refractivity contribution in [1.29, 1.82) is 0 Å². The van der Waals surface area contributed by atoms with Crippen LogP contribution in [0.3, 0.4) is 0 Å². The van der Waals surface area contributed by atoms with E-state index in [0.717, 1.165) is 50.6 Å². The molecule has 2 saturated heterocycles. The van der Waals surface area contributed by atoms with Crippen molar-refractivity contribution < 1.29 is 4.74 Å². The summed E-state index contributed by atoms with van der Waals surface area (Å²) in [6, 6.07) is 0. The second-order valence-corrected chi connectivity index (χ2v) is 6.93. The van der Waals surface area contributed by atoms with Crippen molar-refractivity contribution in [2.24, 2.45) is 22.2 Å². The fourth-order valence-electron chi connectivity index (χ4n) is 3.06. The van der Waals surface area contributed by atoms with Crippen LogP contribution in [-0.4, -0.2) is 50.8 Å². The summed E-state index contributed by atoms with van der Waals surface area (Å²) in [5, 5.41) is 3.52. The number of hydrogen-bond acceptors (Lipinski definition) is 2. The molecule has 2 aliphatic rings. The molecule has 1 unspecified atom stereocenters. The van der Waals surface area contributed by atoms with Crippen LogP contribution >= 0.6 is 0 Å². The largest absolute Gasteiger partial charge is 0.380 e. The minimum atomic E-state index is 0.299. The van der Waals surface area contributed by atoms with Crippen molar-refractivity contribution in [2.75, 3.05) is 39.9 Å². The fourth-order valence-corrected chi connectivity index (χ4v) is 3.06. The second kappa shape index (κ2) is 6.12. The predicted molar refractivity (Wildman–Crippen MR) is 79.4 cm³/mol. The second-order valence-electron chi connectivity index (χ2n) is 6.93. The Balaban J connectivity index is 1.79. The van der Waals surface area contributed by atoms with Crippen molar-refractivity contribution in [1.82, 2.24) is 10.2 Å². The van der Waals surface area contributed by atoms with Crippen LogP contribution in [0.2, 0.25) is 0 Å². The van der Waals surface area contributed by atoms with Gasteiger partial charge in [-0.05, 0) is 24.7 Å². The maximum Gasteiger partial charge on any atom is 0.193 e. The van der Waals surface area contributed by atoms with Gasteiger partial charge in [0.1, 0.15) is 0 Å². The molecule has 0 amide bonds. The molecule has 1 atom stereocenters. The topological polar surface area (TPSA) is 36.9 Å². The molecule has 2 rings (SSSR count). The van der Waals surface area contributed by atoms with Crippen molar-refractivity contribution >= 4 is 5.96 Å². The summed E-state index contributed by atoms with van der Waals surface area (Å²) in [4.78, 5) is 6.85. The summed E-state index contributed by atoms with van der Waals surface area (Å²) in [7, 11) is 1.89. The first-order valence-corrected chi connectivity index (χ1v) is 7.56. The number of nitrogens with one attached hydrogen (secondary N) is 1. The SMILES string of the molecule is CN=C(NCC1(C)COC1)N1CCC(CC(C)C)C1. The predicted octanol–water partition coefficient (Wildman–Crippen LogP) is 1.97. The van der Waals surface area contributed by atoms with E-state index in [4.69, 9.17) is 4.74 Å². The molecule has 0 spiro atoms. The smallest absolute Gasteiger partial charge is 0.193 e. The maximum atomic E-state index is 5.30. The Kier molecular flexibility index (Phi) is 4.71. The van der Waals surface area contributed by atoms with E-state index >= 15 is 0 Å². The van der Waals surface area contributed by atoms with Crippen LogP contribution in [0.25, 0.3) is 0 Å². The number of hydrogen-bond donors (Lipinski definition) is 1. The number of ether oxygens (including phenoxy) is 1. The minimum Gasteiger partial charge on any atom is -0.380 e. The Bertz CT molecular complexity index is 323. The fraction of sp³-hybridized carbons (Fsp3) is 0.933. The van der Waals surface area contributed by atoms with Gasteiger partial charge in [0.15, 0.2) is 5.96 Å². The standard InChI is InChI=1S/C15H29N3O/c1-12(2)7-13-5-6-18(8-13)14(16-4)17-9-15(3)10-19-11-15/h12-13H,5-11H2,1-4H3,(H,16,17). The van der Waals surface area contributed by atoms with Gasteiger partial charge in [-0.1, -0.05) is 20.8 Å². The third kappa shape index (κ3) is 3.85. The van der Waals surface area contributed by atoms with Crippen LogP contribution in [0.5, 0.6) is 0 Å². The lowest BCUT2D eigenvalue weighted by molar-refractivity contribution is -0.0972. The van der Waals surface area contributed by atoms with Gasteiger partial charge < -0.3 is 15.0 Å². The lowest BCUT2D eigenvalue weighted by atomic mass is 9.89. The molecule has 0 aliphatic carbocycles. The van der Waals surface area contributed by atoms with Crippen LogP contribution < -0.4 is 5.32 Å². The highest BCUT2D eigenvalue weighted by Crippen LogP contribution is 2.26. The first-order chi connectivity index (χ1) is 9.02. The van der Waals surface area contributed by atoms with Gasteiger partial charge in [-0.3, -0.25) is 4.99 Å². The lowest BCUT2D eigenvalue weighted by Gasteiger charge is -2.39. The Morgan fingerprint density at radius 2 is 2.21 bits per heavy atom. The molecule has 19 heavy (non-hydrogen) atoms. The molecule has 2 fully saturated rings. The highest BCUT2D eigenvalue weighted by molar-refractivity contribution is 5.80. The minimum absolute atomic E-state index is 0.299. The van der Waals surface area contributed by atoms with Crippen LogP contribution in [0.4, 0.5) is 0 Å². The van der Waals surface area contributed by atoms with E-state index in [-0.39, 0.29) is 0 Å². The third-order valence-electron chi connectivity index (χ3n) is 4.18. The van der Waals surface area contributed by atoms with Crippen LogP contribution in [0.15, 0.2) is 4.99 Å². The monoisotopic (exact) mass is 267 g/mol. The van der Waals surface area contributed by atoms with Crippen molar-refractivity contribution in [3.63, 3.8) is 0 Å². The number of rotatable bonds is 4. The third-order valence-corrected chi connectivity index (χ3v) is 4.18. The summed E-state index contributed by atoms with van der Waals surface area (Å²) >= 11 is 0. The first kappa shape index (κ1) is 14.6. The normalized spacial score (nSPS) is 26.7. The van der Waals surface area contributed by atoms with E-state index in [9.17, 15) is 0 Å². The van der Waals surface area contributed by atoms with Crippen molar-refractivity contribution in [3.8, 4) is 0 Å². The Morgan fingerprint density at radius 3 is 2.74 bits per heavy atom. The molecule has 0 aromatic carbocycles. The van der Waals surface area contributed by atoms with E-state index in [2.05, 4.69) is 36.0 Å². The van der Waals surface area contributed by atoms with Crippen molar-refractivity contribution in [2.45, 2.75) is 33.6 Å². The molecule has 0 saturated carbocycles. The average Bonchev–Trinajstić information content (AvgIpc) is 2.75. The van der Waals surface area contributed by atoms with Gasteiger partial charge in [0.25, 0.3) is 0 Å². The summed E-state index contributed by atoms with van der Waals surface area (Å²) < 4.78 is 5.30. The van der Waals surface area contributed by atoms with E-state index in [0.29, 0.717) is 5.41 Å². The first-order valence-electron chi connectivity index (χ1n) is 7.56. The molecule has 0 radical (unpaired) electrons. The van der Waals surface area contributed by atoms with Gasteiger partial charge in [0.05, 0.1) is 13.2 Å². The molecule has 0 aromatic heterocycles. The molecular weight excluding hydrogens is 238 g/mol. The summed E-state index contributed by atoms with van der Waals surface area (Å²) in [6.07, 6.45) is 2.64. The van der Waals surface area contributed by atoms with Gasteiger partial charge >= 0.3 is 0 Å². The molecule has 2 heterocycles. The van der Waals surface area contributed by atoms with E-state index < -0.39 is 0 Å². The quantitative estimate of drug-likeness (QED) is 0.625. The molecule has 0 bridgehead atoms. The summed E-state index contributed by atoms with van der Waals surface area (Å²) in [5.41, 5.74) is 0.299. The highest BCUT2D eigenvalue weighted by atomic mass is 16.5. The zero-order chi connectivity index (χ0) is 13.9. The van der Waals surface area contributed by atoms with Crippen LogP contribution in [-0.2, 0) is 4.74 Å². The molecule has 4 heteroatoms. The van der Waals surface area contributed by atoms with E-state index in [1.165, 1.54) is 12.8 Å². The summed E-state index contributed by atoms with van der Waals surface area (Å²) in [5.74, 6) is 2.70. The number of aliphatic imine (C=N–C) groups is 1. The van der Waals surface area contributed by atoms with E-state index in [1.807, 2.05) is 7.05 Å². The molecule has 1 N–H and O–H groups in total. The van der Waals surface area contributed by atoms with Gasteiger partial charge in [0, 0.05) is 32.1 Å². The van der Waals surface area contributed by atoms with Gasteiger partial charge in [-0.2, -0.15) is 0 Å². The Labute approximate surface area is 117 Å². The Hall–Kier alpha value is -0.770. The molecule has 0 aromatic rings. The number of guanidine groups is 1. The van der Waals surface area contributed by atoms with Crippen LogP contribution in [0.1, 0.15) is 33.6 Å². The zero-order valence-corrected chi connectivity index (χ0v) is 12.9. The Morgan fingerprint density at radius 1 is 1.47 bits per heavy atom. The molecule has 2 aliphatic heterocycles. The molecule has 110 valence electrons. The van der Waals surface area contributed by atoms with Gasteiger partial charge in [-0.25, -0.2) is 0 Å². The number of nitrogens with zero attached hydrogens (tertiary/aromatic N) is 2. The maximum absolute atomic E-state index is 5.30. The summed E-state index contributed by atoms with van der Waals surface area (Å²) in [6.45, 7) is 11.9. The zero-order valence-electron chi connectivity index (χ0n) is 12.9. The van der Waals surface area contributed by atoms with Gasteiger partial charge in [0.2, 0.25) is 0 Å².